The standard InChI is InChI=1S/C20H30N4O3/c1-13-18(14(2)27-22-13)12-23-7-5-15(6-8-23)10-24-11-16(9-19(24)25)20(26)21-17-3-4-17/h15-17H,3-12H2,1-2H3,(H,21,26). The second-order valence-electron chi connectivity index (χ2n) is 8.50. The zero-order chi connectivity index (χ0) is 19.0. The van der Waals surface area contributed by atoms with Gasteiger partial charge in [0, 0.05) is 37.7 Å². The topological polar surface area (TPSA) is 78.7 Å². The second kappa shape index (κ2) is 7.62. The van der Waals surface area contributed by atoms with Gasteiger partial charge in [0.05, 0.1) is 11.6 Å². The molecule has 1 saturated carbocycles. The fourth-order valence-electron chi connectivity index (χ4n) is 4.26. The zero-order valence-corrected chi connectivity index (χ0v) is 16.4. The van der Waals surface area contributed by atoms with Crippen LogP contribution in [0.3, 0.4) is 0 Å². The van der Waals surface area contributed by atoms with E-state index < -0.39 is 0 Å². The lowest BCUT2D eigenvalue weighted by Gasteiger charge is -2.33. The lowest BCUT2D eigenvalue weighted by atomic mass is 9.95. The molecule has 2 saturated heterocycles. The number of hydrogen-bond donors (Lipinski definition) is 1. The number of amides is 2. The summed E-state index contributed by atoms with van der Waals surface area (Å²) in [5, 5.41) is 7.08. The van der Waals surface area contributed by atoms with Gasteiger partial charge in [0.2, 0.25) is 11.8 Å². The number of hydrogen-bond acceptors (Lipinski definition) is 5. The van der Waals surface area contributed by atoms with Crippen LogP contribution in [-0.4, -0.2) is 59.0 Å². The molecule has 0 aromatic carbocycles. The van der Waals surface area contributed by atoms with Crippen LogP contribution in [-0.2, 0) is 16.1 Å². The quantitative estimate of drug-likeness (QED) is 0.819. The van der Waals surface area contributed by atoms with Crippen LogP contribution in [0, 0.1) is 25.7 Å². The Hall–Kier alpha value is -1.89. The van der Waals surface area contributed by atoms with E-state index in [0.717, 1.165) is 63.3 Å². The van der Waals surface area contributed by atoms with Crippen molar-refractivity contribution >= 4 is 11.8 Å². The van der Waals surface area contributed by atoms with E-state index >= 15 is 0 Å². The van der Waals surface area contributed by atoms with E-state index in [4.69, 9.17) is 4.52 Å². The maximum atomic E-state index is 12.3. The Kier molecular flexibility index (Phi) is 5.21. The highest BCUT2D eigenvalue weighted by Gasteiger charge is 2.37. The molecule has 7 nitrogen and oxygen atoms in total. The Morgan fingerprint density at radius 2 is 1.96 bits per heavy atom. The van der Waals surface area contributed by atoms with Crippen LogP contribution >= 0.6 is 0 Å². The maximum absolute atomic E-state index is 12.3. The van der Waals surface area contributed by atoms with Crippen molar-refractivity contribution in [1.29, 1.82) is 0 Å². The van der Waals surface area contributed by atoms with Crippen LogP contribution in [0.25, 0.3) is 0 Å². The van der Waals surface area contributed by atoms with Gasteiger partial charge in [-0.1, -0.05) is 5.16 Å². The van der Waals surface area contributed by atoms with Gasteiger partial charge >= 0.3 is 0 Å². The van der Waals surface area contributed by atoms with Gasteiger partial charge in [-0.15, -0.1) is 0 Å². The number of likely N-dealkylation sites (tertiary alicyclic amines) is 2. The van der Waals surface area contributed by atoms with Crippen molar-refractivity contribution in [2.45, 2.75) is 58.5 Å². The van der Waals surface area contributed by atoms with Crippen molar-refractivity contribution < 1.29 is 14.1 Å². The Bertz CT molecular complexity index is 685. The molecular weight excluding hydrogens is 344 g/mol. The molecule has 3 heterocycles. The minimum Gasteiger partial charge on any atom is -0.361 e. The molecule has 1 aliphatic carbocycles. The molecule has 4 rings (SSSR count). The monoisotopic (exact) mass is 374 g/mol. The molecular formula is C20H30N4O3. The maximum Gasteiger partial charge on any atom is 0.225 e. The van der Waals surface area contributed by atoms with Crippen molar-refractivity contribution in [2.75, 3.05) is 26.2 Å². The third-order valence-electron chi connectivity index (χ3n) is 6.26. The number of carbonyl (C=O) groups excluding carboxylic acids is 2. The fourth-order valence-corrected chi connectivity index (χ4v) is 4.26. The van der Waals surface area contributed by atoms with Crippen molar-refractivity contribution in [3.63, 3.8) is 0 Å². The predicted molar refractivity (Wildman–Crippen MR) is 99.8 cm³/mol. The smallest absolute Gasteiger partial charge is 0.225 e. The largest absolute Gasteiger partial charge is 0.361 e. The van der Waals surface area contributed by atoms with E-state index in [1.165, 1.54) is 5.56 Å². The Morgan fingerprint density at radius 3 is 2.59 bits per heavy atom. The summed E-state index contributed by atoms with van der Waals surface area (Å²) in [4.78, 5) is 28.9. The van der Waals surface area contributed by atoms with Crippen molar-refractivity contribution in [3.8, 4) is 0 Å². The van der Waals surface area contributed by atoms with E-state index in [2.05, 4.69) is 15.4 Å². The molecule has 7 heteroatoms. The fraction of sp³-hybridized carbons (Fsp3) is 0.750. The first-order valence-corrected chi connectivity index (χ1v) is 10.2. The van der Waals surface area contributed by atoms with E-state index in [0.29, 0.717) is 24.9 Å². The molecule has 3 aliphatic rings. The van der Waals surface area contributed by atoms with Gasteiger partial charge in [-0.05, 0) is 58.5 Å². The Balaban J connectivity index is 1.23. The molecule has 0 bridgehead atoms. The summed E-state index contributed by atoms with van der Waals surface area (Å²) in [5.74, 6) is 1.50. The van der Waals surface area contributed by atoms with E-state index in [1.54, 1.807) is 0 Å². The summed E-state index contributed by atoms with van der Waals surface area (Å²) in [6, 6.07) is 0.365. The van der Waals surface area contributed by atoms with Gasteiger partial charge in [0.15, 0.2) is 0 Å². The average Bonchev–Trinajstić information content (AvgIpc) is 3.32. The van der Waals surface area contributed by atoms with Crippen molar-refractivity contribution in [2.24, 2.45) is 11.8 Å². The minimum absolute atomic E-state index is 0.0719. The van der Waals surface area contributed by atoms with Gasteiger partial charge in [-0.2, -0.15) is 0 Å². The minimum atomic E-state index is -0.155. The third-order valence-corrected chi connectivity index (χ3v) is 6.26. The van der Waals surface area contributed by atoms with Crippen molar-refractivity contribution in [3.05, 3.63) is 17.0 Å². The number of aromatic nitrogens is 1. The molecule has 1 N–H and O–H groups in total. The highest BCUT2D eigenvalue weighted by molar-refractivity contribution is 5.89. The molecule has 2 amide bonds. The summed E-state index contributed by atoms with van der Waals surface area (Å²) in [5.41, 5.74) is 2.18. The van der Waals surface area contributed by atoms with Gasteiger partial charge in [-0.3, -0.25) is 14.5 Å². The summed E-state index contributed by atoms with van der Waals surface area (Å²) in [6.45, 7) is 8.30. The first-order valence-electron chi connectivity index (χ1n) is 10.2. The lowest BCUT2D eigenvalue weighted by molar-refractivity contribution is -0.129. The summed E-state index contributed by atoms with van der Waals surface area (Å²) >= 11 is 0. The SMILES string of the molecule is Cc1noc(C)c1CN1CCC(CN2CC(C(=O)NC3CC3)CC2=O)CC1. The molecule has 3 fully saturated rings. The zero-order valence-electron chi connectivity index (χ0n) is 16.4. The number of nitrogens with zero attached hydrogens (tertiary/aromatic N) is 3. The first kappa shape index (κ1) is 18.5. The summed E-state index contributed by atoms with van der Waals surface area (Å²) < 4.78 is 5.26. The molecule has 1 aromatic heterocycles. The lowest BCUT2D eigenvalue weighted by Crippen LogP contribution is -2.39. The summed E-state index contributed by atoms with van der Waals surface area (Å²) in [6.07, 6.45) is 4.73. The number of rotatable bonds is 6. The van der Waals surface area contributed by atoms with Gasteiger partial charge in [0.1, 0.15) is 5.76 Å². The molecule has 1 atom stereocenters. The van der Waals surface area contributed by atoms with Crippen LogP contribution in [0.15, 0.2) is 4.52 Å². The number of aryl methyl sites for hydroxylation is 2. The Morgan fingerprint density at radius 1 is 1.22 bits per heavy atom. The normalized spacial score (nSPS) is 24.6. The second-order valence-corrected chi connectivity index (χ2v) is 8.50. The molecule has 0 radical (unpaired) electrons. The van der Waals surface area contributed by atoms with E-state index in [-0.39, 0.29) is 17.7 Å². The number of piperidine rings is 1. The Labute approximate surface area is 160 Å². The molecule has 1 unspecified atom stereocenters. The summed E-state index contributed by atoms with van der Waals surface area (Å²) in [7, 11) is 0. The molecule has 0 spiro atoms. The highest BCUT2D eigenvalue weighted by atomic mass is 16.5. The first-order chi connectivity index (χ1) is 13.0. The number of nitrogens with one attached hydrogen (secondary N) is 1. The average molecular weight is 374 g/mol. The van der Waals surface area contributed by atoms with E-state index in [9.17, 15) is 9.59 Å². The van der Waals surface area contributed by atoms with Crippen LogP contribution in [0.5, 0.6) is 0 Å². The number of carbonyl (C=O) groups is 2. The van der Waals surface area contributed by atoms with Crippen LogP contribution < -0.4 is 5.32 Å². The van der Waals surface area contributed by atoms with Crippen LogP contribution in [0.2, 0.25) is 0 Å². The van der Waals surface area contributed by atoms with Gasteiger partial charge < -0.3 is 14.7 Å². The molecule has 1 aromatic rings. The predicted octanol–water partition coefficient (Wildman–Crippen LogP) is 1.63. The third kappa shape index (κ3) is 4.34. The van der Waals surface area contributed by atoms with Crippen molar-refractivity contribution in [1.82, 2.24) is 20.3 Å². The molecule has 148 valence electrons. The van der Waals surface area contributed by atoms with Crippen LogP contribution in [0.4, 0.5) is 0 Å². The molecule has 2 aliphatic heterocycles. The van der Waals surface area contributed by atoms with Gasteiger partial charge in [0.25, 0.3) is 0 Å². The highest BCUT2D eigenvalue weighted by Crippen LogP contribution is 2.26. The molecule has 27 heavy (non-hydrogen) atoms. The van der Waals surface area contributed by atoms with E-state index in [1.807, 2.05) is 18.7 Å². The van der Waals surface area contributed by atoms with Crippen LogP contribution in [0.1, 0.15) is 49.1 Å². The van der Waals surface area contributed by atoms with Gasteiger partial charge in [-0.25, -0.2) is 0 Å².